The number of methoxy groups -OCH3 is 1. The molecule has 39 heavy (non-hydrogen) atoms. The summed E-state index contributed by atoms with van der Waals surface area (Å²) in [6.07, 6.45) is 3.05. The highest BCUT2D eigenvalue weighted by Crippen LogP contribution is 2.37. The van der Waals surface area contributed by atoms with Crippen LogP contribution in [0.5, 0.6) is 5.75 Å². The van der Waals surface area contributed by atoms with Crippen molar-refractivity contribution >= 4 is 29.2 Å². The Balaban J connectivity index is 1.32. The number of benzene rings is 3. The Morgan fingerprint density at radius 2 is 1.67 bits per heavy atom. The predicted octanol–water partition coefficient (Wildman–Crippen LogP) is 4.23. The largest absolute Gasteiger partial charge is 0.496 e. The first-order valence-electron chi connectivity index (χ1n) is 13.3. The fourth-order valence-corrected chi connectivity index (χ4v) is 5.51. The van der Waals surface area contributed by atoms with Gasteiger partial charge in [-0.3, -0.25) is 19.4 Å². The molecule has 202 valence electrons. The topological polar surface area (TPSA) is 90.4 Å². The Labute approximate surface area is 228 Å². The normalized spacial score (nSPS) is 16.2. The van der Waals surface area contributed by atoms with Gasteiger partial charge in [-0.2, -0.15) is 0 Å². The number of carbonyl (C=O) groups excluding carboxylic acids is 2. The smallest absolute Gasteiger partial charge is 0.335 e. The molecule has 2 amide bonds. The summed E-state index contributed by atoms with van der Waals surface area (Å²) < 4.78 is 5.46. The van der Waals surface area contributed by atoms with E-state index in [0.29, 0.717) is 23.0 Å². The van der Waals surface area contributed by atoms with Gasteiger partial charge in [-0.15, -0.1) is 0 Å². The van der Waals surface area contributed by atoms with Gasteiger partial charge in [0.15, 0.2) is 0 Å². The lowest BCUT2D eigenvalue weighted by atomic mass is 9.90. The van der Waals surface area contributed by atoms with E-state index in [4.69, 9.17) is 4.74 Å². The fraction of sp³-hybridized carbons (Fsp3) is 0.323. The SMILES string of the molecule is COc1ccccc1CN1C(=O)CN(C(=O)CN2CCC(Cc3ccccc3)CC2)c2cc(C(=O)O)ccc21. The van der Waals surface area contributed by atoms with Gasteiger partial charge < -0.3 is 14.7 Å². The number of para-hydroxylation sites is 1. The molecular weight excluding hydrogens is 494 g/mol. The van der Waals surface area contributed by atoms with Crippen LogP contribution in [0.1, 0.15) is 34.3 Å². The minimum atomic E-state index is -1.08. The number of aromatic carboxylic acids is 1. The molecule has 3 aromatic rings. The summed E-state index contributed by atoms with van der Waals surface area (Å²) in [4.78, 5) is 43.8. The van der Waals surface area contributed by atoms with Gasteiger partial charge >= 0.3 is 5.97 Å². The minimum absolute atomic E-state index is 0.0693. The molecule has 0 unspecified atom stereocenters. The lowest BCUT2D eigenvalue weighted by Gasteiger charge is -2.38. The number of nitrogens with zero attached hydrogens (tertiary/aromatic N) is 3. The summed E-state index contributed by atoms with van der Waals surface area (Å²) in [5.41, 5.74) is 3.17. The number of ether oxygens (including phenoxy) is 1. The molecule has 0 aromatic heterocycles. The number of rotatable bonds is 8. The van der Waals surface area contributed by atoms with E-state index in [2.05, 4.69) is 29.2 Å². The molecule has 0 saturated carbocycles. The van der Waals surface area contributed by atoms with Gasteiger partial charge in [0.2, 0.25) is 11.8 Å². The van der Waals surface area contributed by atoms with Crippen molar-refractivity contribution in [1.29, 1.82) is 0 Å². The lowest BCUT2D eigenvalue weighted by molar-refractivity contribution is -0.123. The Morgan fingerprint density at radius 1 is 0.949 bits per heavy atom. The highest BCUT2D eigenvalue weighted by Gasteiger charge is 2.34. The van der Waals surface area contributed by atoms with Gasteiger partial charge in [-0.05, 0) is 68.1 Å². The molecule has 1 fully saturated rings. The molecular formula is C31H33N3O5. The third-order valence-corrected chi connectivity index (χ3v) is 7.65. The highest BCUT2D eigenvalue weighted by molar-refractivity contribution is 6.12. The number of hydrogen-bond donors (Lipinski definition) is 1. The number of piperidine rings is 1. The van der Waals surface area contributed by atoms with E-state index in [1.54, 1.807) is 18.1 Å². The van der Waals surface area contributed by atoms with Crippen molar-refractivity contribution in [3.8, 4) is 5.75 Å². The molecule has 2 heterocycles. The fourth-order valence-electron chi connectivity index (χ4n) is 5.51. The zero-order valence-corrected chi connectivity index (χ0v) is 22.1. The van der Waals surface area contributed by atoms with Gasteiger partial charge in [0, 0.05) is 5.56 Å². The monoisotopic (exact) mass is 527 g/mol. The summed E-state index contributed by atoms with van der Waals surface area (Å²) in [5.74, 6) is -0.281. The number of fused-ring (bicyclic) bond motifs is 1. The second kappa shape index (κ2) is 11.7. The maximum atomic E-state index is 13.5. The number of anilines is 2. The van der Waals surface area contributed by atoms with Crippen LogP contribution in [0.4, 0.5) is 11.4 Å². The van der Waals surface area contributed by atoms with Gasteiger partial charge in [0.25, 0.3) is 0 Å². The average Bonchev–Trinajstić information content (AvgIpc) is 2.95. The Kier molecular flexibility index (Phi) is 7.93. The van der Waals surface area contributed by atoms with E-state index >= 15 is 0 Å². The van der Waals surface area contributed by atoms with E-state index in [1.807, 2.05) is 30.3 Å². The molecule has 8 heteroatoms. The molecule has 0 aliphatic carbocycles. The third kappa shape index (κ3) is 5.96. The van der Waals surface area contributed by atoms with Crippen LogP contribution in [0.2, 0.25) is 0 Å². The number of carboxylic acids is 1. The first-order valence-corrected chi connectivity index (χ1v) is 13.3. The molecule has 2 aliphatic heterocycles. The summed E-state index contributed by atoms with van der Waals surface area (Å²) in [6, 6.07) is 22.5. The molecule has 0 atom stereocenters. The van der Waals surface area contributed by atoms with Crippen molar-refractivity contribution in [2.24, 2.45) is 5.92 Å². The molecule has 0 bridgehead atoms. The van der Waals surface area contributed by atoms with Crippen LogP contribution >= 0.6 is 0 Å². The molecule has 0 radical (unpaired) electrons. The number of amides is 2. The zero-order valence-electron chi connectivity index (χ0n) is 22.1. The predicted molar refractivity (Wildman–Crippen MR) is 149 cm³/mol. The minimum Gasteiger partial charge on any atom is -0.496 e. The Hall–Kier alpha value is -4.17. The van der Waals surface area contributed by atoms with Crippen LogP contribution in [0.3, 0.4) is 0 Å². The first-order chi connectivity index (χ1) is 18.9. The van der Waals surface area contributed by atoms with E-state index < -0.39 is 5.97 Å². The van der Waals surface area contributed by atoms with E-state index in [0.717, 1.165) is 37.9 Å². The molecule has 5 rings (SSSR count). The van der Waals surface area contributed by atoms with Crippen LogP contribution in [0.15, 0.2) is 72.8 Å². The van der Waals surface area contributed by atoms with E-state index in [-0.39, 0.29) is 37.0 Å². The molecule has 0 spiro atoms. The quantitative estimate of drug-likeness (QED) is 0.472. The van der Waals surface area contributed by atoms with Crippen molar-refractivity contribution in [3.05, 3.63) is 89.5 Å². The molecule has 2 aliphatic rings. The van der Waals surface area contributed by atoms with E-state index in [1.165, 1.54) is 22.6 Å². The Bertz CT molecular complexity index is 1350. The summed E-state index contributed by atoms with van der Waals surface area (Å²) in [6.45, 7) is 1.92. The van der Waals surface area contributed by atoms with E-state index in [9.17, 15) is 19.5 Å². The summed E-state index contributed by atoms with van der Waals surface area (Å²) in [5, 5.41) is 9.62. The molecule has 8 nitrogen and oxygen atoms in total. The average molecular weight is 528 g/mol. The number of carbonyl (C=O) groups is 3. The van der Waals surface area contributed by atoms with Crippen LogP contribution in [-0.2, 0) is 22.6 Å². The summed E-state index contributed by atoms with van der Waals surface area (Å²) >= 11 is 0. The second-order valence-corrected chi connectivity index (χ2v) is 10.2. The van der Waals surface area contributed by atoms with Crippen LogP contribution in [0, 0.1) is 5.92 Å². The van der Waals surface area contributed by atoms with Gasteiger partial charge in [-0.1, -0.05) is 48.5 Å². The van der Waals surface area contributed by atoms with Crippen molar-refractivity contribution in [2.45, 2.75) is 25.8 Å². The standard InChI is InChI=1S/C31H33N3O5/c1-39-28-10-6-5-9-25(28)19-33-26-12-11-24(31(37)38)18-27(26)34(21-30(33)36)29(35)20-32-15-13-23(14-16-32)17-22-7-3-2-4-8-22/h2-12,18,23H,13-17,19-21H2,1H3,(H,37,38). The van der Waals surface area contributed by atoms with Crippen molar-refractivity contribution in [2.75, 3.05) is 43.1 Å². The zero-order chi connectivity index (χ0) is 27.4. The number of hydrogen-bond acceptors (Lipinski definition) is 5. The maximum Gasteiger partial charge on any atom is 0.335 e. The van der Waals surface area contributed by atoms with Gasteiger partial charge in [0.1, 0.15) is 12.3 Å². The number of carboxylic acid groups (broad SMARTS) is 1. The highest BCUT2D eigenvalue weighted by atomic mass is 16.5. The molecule has 1 N–H and O–H groups in total. The molecule has 3 aromatic carbocycles. The molecule has 1 saturated heterocycles. The van der Waals surface area contributed by atoms with Crippen LogP contribution < -0.4 is 14.5 Å². The first kappa shape index (κ1) is 26.4. The van der Waals surface area contributed by atoms with Crippen molar-refractivity contribution in [3.63, 3.8) is 0 Å². The third-order valence-electron chi connectivity index (χ3n) is 7.65. The van der Waals surface area contributed by atoms with Crippen molar-refractivity contribution in [1.82, 2.24) is 4.90 Å². The van der Waals surface area contributed by atoms with Crippen LogP contribution in [0.25, 0.3) is 0 Å². The van der Waals surface area contributed by atoms with Gasteiger partial charge in [0.05, 0.1) is 37.1 Å². The Morgan fingerprint density at radius 3 is 2.38 bits per heavy atom. The number of likely N-dealkylation sites (tertiary alicyclic amines) is 1. The van der Waals surface area contributed by atoms with Crippen molar-refractivity contribution < 1.29 is 24.2 Å². The summed E-state index contributed by atoms with van der Waals surface area (Å²) in [7, 11) is 1.58. The lowest BCUT2D eigenvalue weighted by Crippen LogP contribution is -2.51. The van der Waals surface area contributed by atoms with Crippen LogP contribution in [-0.4, -0.2) is 61.1 Å². The maximum absolute atomic E-state index is 13.5. The van der Waals surface area contributed by atoms with Gasteiger partial charge in [-0.25, -0.2) is 4.79 Å². The second-order valence-electron chi connectivity index (χ2n) is 10.2.